The third kappa shape index (κ3) is 2.69. The van der Waals surface area contributed by atoms with Crippen LogP contribution in [0.1, 0.15) is 6.92 Å². The molecule has 0 spiro atoms. The summed E-state index contributed by atoms with van der Waals surface area (Å²) in [6.45, 7) is 2.27. The van der Waals surface area contributed by atoms with E-state index in [1.165, 1.54) is 19.1 Å². The molecule has 2 amide bonds. The van der Waals surface area contributed by atoms with Gasteiger partial charge in [0.25, 0.3) is 0 Å². The van der Waals surface area contributed by atoms with Gasteiger partial charge < -0.3 is 10.2 Å². The number of hydrogen-bond donors (Lipinski definition) is 1. The molecule has 0 bridgehead atoms. The molecule has 4 nitrogen and oxygen atoms in total. The first-order valence-corrected chi connectivity index (χ1v) is 6.28. The summed E-state index contributed by atoms with van der Waals surface area (Å²) >= 11 is 3.14. The van der Waals surface area contributed by atoms with Crippen LogP contribution >= 0.6 is 15.9 Å². The highest BCUT2D eigenvalue weighted by Gasteiger charge is 2.34. The molecule has 1 fully saturated rings. The molecule has 1 N–H and O–H groups in total. The Morgan fingerprint density at radius 3 is 2.67 bits per heavy atom. The molecule has 0 aliphatic carbocycles. The van der Waals surface area contributed by atoms with Crippen LogP contribution in [0.2, 0.25) is 0 Å². The summed E-state index contributed by atoms with van der Waals surface area (Å²) in [5.41, 5.74) is 0.157. The zero-order valence-corrected chi connectivity index (χ0v) is 11.3. The van der Waals surface area contributed by atoms with Crippen LogP contribution in [0.15, 0.2) is 22.7 Å². The van der Waals surface area contributed by atoms with Gasteiger partial charge in [0.1, 0.15) is 5.82 Å². The zero-order chi connectivity index (χ0) is 13.3. The Kier molecular flexibility index (Phi) is 3.65. The van der Waals surface area contributed by atoms with Gasteiger partial charge in [-0.3, -0.25) is 9.59 Å². The molecule has 1 saturated heterocycles. The van der Waals surface area contributed by atoms with Crippen LogP contribution in [-0.4, -0.2) is 29.8 Å². The molecular weight excluding hydrogens is 303 g/mol. The van der Waals surface area contributed by atoms with Crippen LogP contribution in [0.25, 0.3) is 0 Å². The number of carbonyl (C=O) groups excluding carboxylic acids is 2. The molecule has 2 rings (SSSR count). The molecule has 0 atom stereocenters. The van der Waals surface area contributed by atoms with E-state index in [9.17, 15) is 14.0 Å². The molecule has 0 unspecified atom stereocenters. The second-order valence-corrected chi connectivity index (χ2v) is 5.15. The minimum atomic E-state index is -0.486. The fourth-order valence-electron chi connectivity index (χ4n) is 1.73. The number of hydrogen-bond acceptors (Lipinski definition) is 2. The van der Waals surface area contributed by atoms with E-state index < -0.39 is 5.82 Å². The van der Waals surface area contributed by atoms with E-state index >= 15 is 0 Å². The van der Waals surface area contributed by atoms with Crippen molar-refractivity contribution in [3.8, 4) is 0 Å². The number of nitrogens with one attached hydrogen (secondary N) is 1. The molecule has 18 heavy (non-hydrogen) atoms. The maximum absolute atomic E-state index is 13.5. The molecule has 0 radical (unpaired) electrons. The summed E-state index contributed by atoms with van der Waals surface area (Å²) in [4.78, 5) is 24.3. The minimum absolute atomic E-state index is 0.0473. The van der Waals surface area contributed by atoms with Crippen LogP contribution in [0.5, 0.6) is 0 Å². The topological polar surface area (TPSA) is 49.4 Å². The number of benzene rings is 1. The maximum atomic E-state index is 13.5. The van der Waals surface area contributed by atoms with Crippen molar-refractivity contribution in [2.24, 2.45) is 5.92 Å². The highest BCUT2D eigenvalue weighted by Crippen LogP contribution is 2.22. The van der Waals surface area contributed by atoms with Gasteiger partial charge in [0.2, 0.25) is 11.8 Å². The molecule has 1 aromatic carbocycles. The van der Waals surface area contributed by atoms with Crippen LogP contribution in [-0.2, 0) is 9.59 Å². The lowest BCUT2D eigenvalue weighted by Crippen LogP contribution is -2.53. The Balaban J connectivity index is 1.94. The molecule has 6 heteroatoms. The number of halogens is 2. The highest BCUT2D eigenvalue weighted by atomic mass is 79.9. The summed E-state index contributed by atoms with van der Waals surface area (Å²) in [7, 11) is 0. The highest BCUT2D eigenvalue weighted by molar-refractivity contribution is 9.10. The van der Waals surface area contributed by atoms with Gasteiger partial charge in [-0.25, -0.2) is 4.39 Å². The van der Waals surface area contributed by atoms with E-state index in [-0.39, 0.29) is 23.4 Å². The summed E-state index contributed by atoms with van der Waals surface area (Å²) in [5.74, 6) is -1.04. The standard InChI is InChI=1S/C12H12BrFN2O2/c1-7(17)16-5-8(6-16)12(18)15-11-3-2-9(13)4-10(11)14/h2-4,8H,5-6H2,1H3,(H,15,18). The molecule has 1 heterocycles. The Labute approximate surface area is 112 Å². The van der Waals surface area contributed by atoms with Crippen molar-refractivity contribution >= 4 is 33.4 Å². The number of nitrogens with zero attached hydrogens (tertiary/aromatic N) is 1. The van der Waals surface area contributed by atoms with Crippen molar-refractivity contribution in [3.05, 3.63) is 28.5 Å². The van der Waals surface area contributed by atoms with Crippen molar-refractivity contribution in [1.29, 1.82) is 0 Å². The largest absolute Gasteiger partial charge is 0.341 e. The van der Waals surface area contributed by atoms with Gasteiger partial charge in [0, 0.05) is 24.5 Å². The van der Waals surface area contributed by atoms with Crippen molar-refractivity contribution in [2.75, 3.05) is 18.4 Å². The molecular formula is C12H12BrFN2O2. The van der Waals surface area contributed by atoms with E-state index in [0.717, 1.165) is 0 Å². The van der Waals surface area contributed by atoms with Gasteiger partial charge in [-0.15, -0.1) is 0 Å². The summed E-state index contributed by atoms with van der Waals surface area (Å²) in [6.07, 6.45) is 0. The fourth-order valence-corrected chi connectivity index (χ4v) is 2.06. The van der Waals surface area contributed by atoms with Gasteiger partial charge in [-0.1, -0.05) is 15.9 Å². The Morgan fingerprint density at radius 1 is 1.44 bits per heavy atom. The lowest BCUT2D eigenvalue weighted by Gasteiger charge is -2.37. The van der Waals surface area contributed by atoms with Crippen molar-refractivity contribution in [1.82, 2.24) is 4.90 Å². The van der Waals surface area contributed by atoms with E-state index in [2.05, 4.69) is 21.2 Å². The lowest BCUT2D eigenvalue weighted by molar-refractivity contribution is -0.139. The fraction of sp³-hybridized carbons (Fsp3) is 0.333. The SMILES string of the molecule is CC(=O)N1CC(C(=O)Nc2ccc(Br)cc2F)C1. The van der Waals surface area contributed by atoms with E-state index in [1.807, 2.05) is 0 Å². The quantitative estimate of drug-likeness (QED) is 0.907. The van der Waals surface area contributed by atoms with E-state index in [4.69, 9.17) is 0 Å². The van der Waals surface area contributed by atoms with Gasteiger partial charge >= 0.3 is 0 Å². The first-order valence-electron chi connectivity index (χ1n) is 5.49. The third-order valence-corrected chi connectivity index (χ3v) is 3.38. The number of amides is 2. The van der Waals surface area contributed by atoms with Gasteiger partial charge in [-0.2, -0.15) is 0 Å². The average molecular weight is 315 g/mol. The predicted octanol–water partition coefficient (Wildman–Crippen LogP) is 2.00. The van der Waals surface area contributed by atoms with Gasteiger partial charge in [-0.05, 0) is 18.2 Å². The molecule has 1 aliphatic rings. The predicted molar refractivity (Wildman–Crippen MR) is 68.5 cm³/mol. The smallest absolute Gasteiger partial charge is 0.231 e. The number of anilines is 1. The van der Waals surface area contributed by atoms with Crippen molar-refractivity contribution in [3.63, 3.8) is 0 Å². The van der Waals surface area contributed by atoms with E-state index in [1.54, 1.807) is 11.0 Å². The molecule has 96 valence electrons. The monoisotopic (exact) mass is 314 g/mol. The average Bonchev–Trinajstić information content (AvgIpc) is 2.19. The minimum Gasteiger partial charge on any atom is -0.341 e. The first-order chi connectivity index (χ1) is 8.47. The molecule has 0 aromatic heterocycles. The molecule has 0 saturated carbocycles. The number of carbonyl (C=O) groups is 2. The van der Waals surface area contributed by atoms with Crippen LogP contribution in [0, 0.1) is 11.7 Å². The third-order valence-electron chi connectivity index (χ3n) is 2.89. The second kappa shape index (κ2) is 5.06. The summed E-state index contributed by atoms with van der Waals surface area (Å²) in [6, 6.07) is 4.44. The Bertz CT molecular complexity index is 501. The number of likely N-dealkylation sites (tertiary alicyclic amines) is 1. The van der Waals surface area contributed by atoms with Gasteiger partial charge in [0.15, 0.2) is 0 Å². The first kappa shape index (κ1) is 13.0. The van der Waals surface area contributed by atoms with Crippen molar-refractivity contribution in [2.45, 2.75) is 6.92 Å². The maximum Gasteiger partial charge on any atom is 0.231 e. The lowest BCUT2D eigenvalue weighted by atomic mass is 9.99. The Hall–Kier alpha value is -1.43. The molecule has 1 aliphatic heterocycles. The van der Waals surface area contributed by atoms with E-state index in [0.29, 0.717) is 17.6 Å². The molecule has 1 aromatic rings. The number of rotatable bonds is 2. The van der Waals surface area contributed by atoms with Gasteiger partial charge in [0.05, 0.1) is 11.6 Å². The zero-order valence-electron chi connectivity index (χ0n) is 9.74. The van der Waals surface area contributed by atoms with Crippen LogP contribution in [0.4, 0.5) is 10.1 Å². The normalized spacial score (nSPS) is 15.2. The summed E-state index contributed by atoms with van der Waals surface area (Å²) in [5, 5.41) is 2.53. The second-order valence-electron chi connectivity index (χ2n) is 4.23. The Morgan fingerprint density at radius 2 is 2.11 bits per heavy atom. The summed E-state index contributed by atoms with van der Waals surface area (Å²) < 4.78 is 14.1. The van der Waals surface area contributed by atoms with Crippen LogP contribution in [0.3, 0.4) is 0 Å². The van der Waals surface area contributed by atoms with Crippen LogP contribution < -0.4 is 5.32 Å². The van der Waals surface area contributed by atoms with Crippen molar-refractivity contribution < 1.29 is 14.0 Å².